The molecule has 1 saturated heterocycles. The number of piperidine rings is 1. The number of carbonyl (C=O) groups excluding carboxylic acids is 1. The molecule has 0 aromatic heterocycles. The Kier molecular flexibility index (Phi) is 7.01. The third-order valence-electron chi connectivity index (χ3n) is 4.01. The zero-order valence-electron chi connectivity index (χ0n) is 12.4. The average Bonchev–Trinajstić information content (AvgIpc) is 2.47. The predicted molar refractivity (Wildman–Crippen MR) is 89.6 cm³/mol. The summed E-state index contributed by atoms with van der Waals surface area (Å²) in [5, 5.41) is 1.05. The number of ketones is 1. The number of carbonyl (C=O) groups is 1. The van der Waals surface area contributed by atoms with Crippen molar-refractivity contribution in [3.8, 4) is 0 Å². The van der Waals surface area contributed by atoms with E-state index in [1.165, 1.54) is 45.3 Å². The summed E-state index contributed by atoms with van der Waals surface area (Å²) in [5.74, 6) is 0.136. The maximum absolute atomic E-state index is 12.1. The fourth-order valence-corrected chi connectivity index (χ4v) is 3.37. The fourth-order valence-electron chi connectivity index (χ4n) is 2.84. The van der Waals surface area contributed by atoms with Crippen LogP contribution in [0, 0.1) is 0 Å². The van der Waals surface area contributed by atoms with Crippen LogP contribution in [0.5, 0.6) is 0 Å². The quantitative estimate of drug-likeness (QED) is 0.505. The van der Waals surface area contributed by atoms with Gasteiger partial charge in [0.2, 0.25) is 0 Å². The largest absolute Gasteiger partial charge is 0.303 e. The molecule has 0 N–H and O–H groups in total. The molecule has 21 heavy (non-hydrogen) atoms. The Labute approximate surface area is 137 Å². The van der Waals surface area contributed by atoms with E-state index in [1.807, 2.05) is 0 Å². The summed E-state index contributed by atoms with van der Waals surface area (Å²) in [7, 11) is 0. The summed E-state index contributed by atoms with van der Waals surface area (Å²) < 4.78 is 0. The first-order valence-electron chi connectivity index (χ1n) is 7.87. The van der Waals surface area contributed by atoms with E-state index in [0.717, 1.165) is 12.8 Å². The summed E-state index contributed by atoms with van der Waals surface area (Å²) in [4.78, 5) is 14.6. The number of hydrogen-bond donors (Lipinski definition) is 0. The molecule has 1 fully saturated rings. The van der Waals surface area contributed by atoms with Crippen molar-refractivity contribution in [2.45, 2.75) is 44.9 Å². The first kappa shape index (κ1) is 16.8. The lowest BCUT2D eigenvalue weighted by Gasteiger charge is -2.26. The highest BCUT2D eigenvalue weighted by Crippen LogP contribution is 2.20. The van der Waals surface area contributed by atoms with Crippen molar-refractivity contribution in [2.24, 2.45) is 0 Å². The van der Waals surface area contributed by atoms with Crippen LogP contribution in [0.1, 0.15) is 55.3 Å². The lowest BCUT2D eigenvalue weighted by molar-refractivity contribution is 0.0978. The molecule has 116 valence electrons. The minimum absolute atomic E-state index is 0.136. The van der Waals surface area contributed by atoms with Crippen molar-refractivity contribution < 1.29 is 4.79 Å². The van der Waals surface area contributed by atoms with E-state index in [-0.39, 0.29) is 5.78 Å². The molecule has 1 aromatic rings. The summed E-state index contributed by atoms with van der Waals surface area (Å²) >= 11 is 11.8. The third kappa shape index (κ3) is 5.98. The Morgan fingerprint density at radius 1 is 0.952 bits per heavy atom. The predicted octanol–water partition coefficient (Wildman–Crippen LogP) is 5.22. The zero-order valence-corrected chi connectivity index (χ0v) is 13.9. The van der Waals surface area contributed by atoms with Crippen molar-refractivity contribution in [2.75, 3.05) is 19.6 Å². The normalized spacial score (nSPS) is 16.1. The van der Waals surface area contributed by atoms with E-state index >= 15 is 0 Å². The Hall–Kier alpha value is -0.570. The molecule has 0 amide bonds. The zero-order chi connectivity index (χ0) is 15.1. The third-order valence-corrected chi connectivity index (χ3v) is 4.45. The topological polar surface area (TPSA) is 20.3 Å². The Morgan fingerprint density at radius 3 is 2.29 bits per heavy atom. The number of rotatable bonds is 7. The van der Waals surface area contributed by atoms with E-state index in [0.29, 0.717) is 22.0 Å². The molecule has 2 nitrogen and oxygen atoms in total. The molecule has 2 rings (SSSR count). The van der Waals surface area contributed by atoms with Crippen LogP contribution in [0.15, 0.2) is 18.2 Å². The molecule has 1 aliphatic rings. The number of unbranched alkanes of at least 4 members (excludes halogenated alkanes) is 2. The molecule has 0 radical (unpaired) electrons. The molecular formula is C17H23Cl2NO. The monoisotopic (exact) mass is 327 g/mol. The van der Waals surface area contributed by atoms with Crippen molar-refractivity contribution in [3.05, 3.63) is 33.8 Å². The lowest BCUT2D eigenvalue weighted by atomic mass is 10.0. The number of benzene rings is 1. The van der Waals surface area contributed by atoms with E-state index < -0.39 is 0 Å². The molecule has 0 bridgehead atoms. The highest BCUT2D eigenvalue weighted by atomic mass is 35.5. The molecule has 0 unspecified atom stereocenters. The van der Waals surface area contributed by atoms with Gasteiger partial charge in [0.25, 0.3) is 0 Å². The van der Waals surface area contributed by atoms with Crippen LogP contribution < -0.4 is 0 Å². The second-order valence-electron chi connectivity index (χ2n) is 5.79. The number of nitrogens with zero attached hydrogens (tertiary/aromatic N) is 1. The number of halogens is 2. The van der Waals surface area contributed by atoms with Crippen LogP contribution in [-0.4, -0.2) is 30.3 Å². The van der Waals surface area contributed by atoms with Crippen LogP contribution in [0.4, 0.5) is 0 Å². The van der Waals surface area contributed by atoms with Gasteiger partial charge in [-0.2, -0.15) is 0 Å². The van der Waals surface area contributed by atoms with Gasteiger partial charge in [-0.15, -0.1) is 0 Å². The lowest BCUT2D eigenvalue weighted by Crippen LogP contribution is -2.30. The van der Waals surface area contributed by atoms with Gasteiger partial charge in [-0.1, -0.05) is 36.0 Å². The molecule has 1 aliphatic heterocycles. The van der Waals surface area contributed by atoms with Crippen molar-refractivity contribution in [1.82, 2.24) is 4.90 Å². The Morgan fingerprint density at radius 2 is 1.62 bits per heavy atom. The van der Waals surface area contributed by atoms with Crippen LogP contribution >= 0.6 is 23.2 Å². The summed E-state index contributed by atoms with van der Waals surface area (Å²) in [6.45, 7) is 3.68. The molecule has 0 spiro atoms. The van der Waals surface area contributed by atoms with Crippen LogP contribution in [0.2, 0.25) is 10.0 Å². The van der Waals surface area contributed by atoms with E-state index in [1.54, 1.807) is 18.2 Å². The molecule has 4 heteroatoms. The maximum atomic E-state index is 12.1. The standard InChI is InChI=1S/C17H23Cl2NO/c18-15-11-14(12-16(19)13-15)17(21)7-3-1-4-8-20-9-5-2-6-10-20/h11-13H,1-10H2. The molecule has 0 aliphatic carbocycles. The Bertz CT molecular complexity index is 450. The van der Waals surface area contributed by atoms with Gasteiger partial charge in [-0.25, -0.2) is 0 Å². The smallest absolute Gasteiger partial charge is 0.162 e. The highest BCUT2D eigenvalue weighted by Gasteiger charge is 2.10. The second kappa shape index (κ2) is 8.77. The highest BCUT2D eigenvalue weighted by molar-refractivity contribution is 6.35. The van der Waals surface area contributed by atoms with Crippen molar-refractivity contribution in [1.29, 1.82) is 0 Å². The number of likely N-dealkylation sites (tertiary alicyclic amines) is 1. The first-order chi connectivity index (χ1) is 10.1. The van der Waals surface area contributed by atoms with Crippen molar-refractivity contribution >= 4 is 29.0 Å². The van der Waals surface area contributed by atoms with Crippen LogP contribution in [-0.2, 0) is 0 Å². The molecular weight excluding hydrogens is 305 g/mol. The number of hydrogen-bond acceptors (Lipinski definition) is 2. The van der Waals surface area contributed by atoms with Gasteiger partial charge in [-0.3, -0.25) is 4.79 Å². The minimum Gasteiger partial charge on any atom is -0.303 e. The number of Topliss-reactive ketones (excluding diaryl/α,β-unsaturated/α-hetero) is 1. The summed E-state index contributed by atoms with van der Waals surface area (Å²) in [6.07, 6.45) is 7.88. The first-order valence-corrected chi connectivity index (χ1v) is 8.62. The minimum atomic E-state index is 0.136. The second-order valence-corrected chi connectivity index (χ2v) is 6.67. The average molecular weight is 328 g/mol. The van der Waals surface area contributed by atoms with Gasteiger partial charge in [0.15, 0.2) is 5.78 Å². The molecule has 1 heterocycles. The summed E-state index contributed by atoms with van der Waals surface area (Å²) in [5.41, 5.74) is 0.628. The van der Waals surface area contributed by atoms with Gasteiger partial charge in [0, 0.05) is 22.0 Å². The molecule has 0 saturated carbocycles. The fraction of sp³-hybridized carbons (Fsp3) is 0.588. The van der Waals surface area contributed by atoms with E-state index in [4.69, 9.17) is 23.2 Å². The molecule has 1 aromatic carbocycles. The summed E-state index contributed by atoms with van der Waals surface area (Å²) in [6, 6.07) is 5.05. The Balaban J connectivity index is 1.64. The molecule has 0 atom stereocenters. The SMILES string of the molecule is O=C(CCCCCN1CCCCC1)c1cc(Cl)cc(Cl)c1. The van der Waals surface area contributed by atoms with Gasteiger partial charge in [-0.05, 0) is 63.5 Å². The van der Waals surface area contributed by atoms with Crippen LogP contribution in [0.25, 0.3) is 0 Å². The van der Waals surface area contributed by atoms with Crippen molar-refractivity contribution in [3.63, 3.8) is 0 Å². The van der Waals surface area contributed by atoms with E-state index in [9.17, 15) is 4.79 Å². The van der Waals surface area contributed by atoms with Gasteiger partial charge in [0.1, 0.15) is 0 Å². The van der Waals surface area contributed by atoms with Gasteiger partial charge >= 0.3 is 0 Å². The maximum Gasteiger partial charge on any atom is 0.162 e. The van der Waals surface area contributed by atoms with E-state index in [2.05, 4.69) is 4.90 Å². The van der Waals surface area contributed by atoms with Crippen LogP contribution in [0.3, 0.4) is 0 Å². The van der Waals surface area contributed by atoms with Gasteiger partial charge in [0.05, 0.1) is 0 Å². The van der Waals surface area contributed by atoms with Gasteiger partial charge < -0.3 is 4.90 Å².